The van der Waals surface area contributed by atoms with Crippen LogP contribution in [-0.2, 0) is 6.54 Å². The summed E-state index contributed by atoms with van der Waals surface area (Å²) in [5.74, 6) is -2.50. The van der Waals surface area contributed by atoms with E-state index in [1.54, 1.807) is 47.1 Å². The standard InChI is InChI=1S/C20H18F2N8/c1-12-7-25-29(27-12)10-18-26-16-8-24-15-5-4-13(23-2)6-14(15)19(16)30(18)17-9-28(3)11-20(17,21)22/h4-8,17H,9-11H2,1,3H3. The van der Waals surface area contributed by atoms with E-state index >= 15 is 8.78 Å². The highest BCUT2D eigenvalue weighted by Crippen LogP contribution is 2.40. The molecule has 1 fully saturated rings. The molecule has 4 aromatic rings. The third kappa shape index (κ3) is 2.90. The Morgan fingerprint density at radius 1 is 1.27 bits per heavy atom. The van der Waals surface area contributed by atoms with Gasteiger partial charge >= 0.3 is 0 Å². The van der Waals surface area contributed by atoms with Crippen molar-refractivity contribution < 1.29 is 8.78 Å². The van der Waals surface area contributed by atoms with Crippen molar-refractivity contribution in [3.8, 4) is 0 Å². The van der Waals surface area contributed by atoms with Gasteiger partial charge in [-0.2, -0.15) is 15.0 Å². The zero-order valence-electron chi connectivity index (χ0n) is 16.4. The minimum atomic E-state index is -2.93. The first-order chi connectivity index (χ1) is 14.4. The van der Waals surface area contributed by atoms with Gasteiger partial charge in [0.1, 0.15) is 23.9 Å². The summed E-state index contributed by atoms with van der Waals surface area (Å²) in [5, 5.41) is 9.11. The number of aryl methyl sites for hydroxylation is 1. The molecule has 5 rings (SSSR count). The molecule has 8 nitrogen and oxygen atoms in total. The number of nitrogens with zero attached hydrogens (tertiary/aromatic N) is 8. The van der Waals surface area contributed by atoms with Crippen LogP contribution in [0.5, 0.6) is 0 Å². The van der Waals surface area contributed by atoms with Crippen molar-refractivity contribution in [2.75, 3.05) is 20.1 Å². The Morgan fingerprint density at radius 2 is 2.10 bits per heavy atom. The van der Waals surface area contributed by atoms with Crippen LogP contribution in [0.1, 0.15) is 17.6 Å². The van der Waals surface area contributed by atoms with E-state index in [2.05, 4.69) is 25.0 Å². The fourth-order valence-electron chi connectivity index (χ4n) is 4.15. The van der Waals surface area contributed by atoms with Crippen molar-refractivity contribution >= 4 is 27.6 Å². The lowest BCUT2D eigenvalue weighted by Crippen LogP contribution is -2.31. The first-order valence-corrected chi connectivity index (χ1v) is 9.46. The highest BCUT2D eigenvalue weighted by atomic mass is 19.3. The first kappa shape index (κ1) is 18.6. The lowest BCUT2D eigenvalue weighted by Gasteiger charge is -2.22. The predicted molar refractivity (Wildman–Crippen MR) is 107 cm³/mol. The van der Waals surface area contributed by atoms with E-state index in [1.807, 2.05) is 6.92 Å². The maximum Gasteiger partial charge on any atom is 0.282 e. The first-order valence-electron chi connectivity index (χ1n) is 9.46. The molecular weight excluding hydrogens is 390 g/mol. The molecule has 0 saturated carbocycles. The number of aromatic nitrogens is 6. The minimum absolute atomic E-state index is 0.156. The zero-order chi connectivity index (χ0) is 21.0. The van der Waals surface area contributed by atoms with Gasteiger partial charge in [-0.05, 0) is 26.1 Å². The molecule has 1 atom stereocenters. The van der Waals surface area contributed by atoms with Crippen LogP contribution in [-0.4, -0.2) is 60.5 Å². The van der Waals surface area contributed by atoms with Crippen molar-refractivity contribution in [3.63, 3.8) is 0 Å². The van der Waals surface area contributed by atoms with E-state index < -0.39 is 12.0 Å². The summed E-state index contributed by atoms with van der Waals surface area (Å²) in [5.41, 5.74) is 2.85. The number of rotatable bonds is 3. The molecule has 30 heavy (non-hydrogen) atoms. The Morgan fingerprint density at radius 3 is 2.77 bits per heavy atom. The van der Waals surface area contributed by atoms with E-state index in [4.69, 9.17) is 6.57 Å². The van der Waals surface area contributed by atoms with Crippen LogP contribution in [0.4, 0.5) is 14.5 Å². The van der Waals surface area contributed by atoms with Crippen LogP contribution in [0, 0.1) is 13.5 Å². The quantitative estimate of drug-likeness (QED) is 0.487. The molecule has 0 amide bonds. The maximum atomic E-state index is 15.0. The largest absolute Gasteiger partial charge is 0.315 e. The highest BCUT2D eigenvalue weighted by molar-refractivity contribution is 6.03. The second kappa shape index (κ2) is 6.53. The van der Waals surface area contributed by atoms with Gasteiger partial charge in [-0.3, -0.25) is 9.88 Å². The summed E-state index contributed by atoms with van der Waals surface area (Å²) in [7, 11) is 1.68. The molecule has 0 aliphatic carbocycles. The van der Waals surface area contributed by atoms with Crippen LogP contribution in [0.15, 0.2) is 30.6 Å². The zero-order valence-corrected chi connectivity index (χ0v) is 16.4. The van der Waals surface area contributed by atoms with Gasteiger partial charge in [-0.1, -0.05) is 6.07 Å². The van der Waals surface area contributed by atoms with Crippen molar-refractivity contribution in [2.45, 2.75) is 25.4 Å². The molecule has 10 heteroatoms. The van der Waals surface area contributed by atoms with E-state index in [0.717, 1.165) is 5.69 Å². The molecule has 0 bridgehead atoms. The van der Waals surface area contributed by atoms with Crippen molar-refractivity contribution in [3.05, 3.63) is 53.5 Å². The lowest BCUT2D eigenvalue weighted by molar-refractivity contribution is -0.0202. The number of alkyl halides is 2. The molecule has 1 aromatic carbocycles. The number of halogens is 2. The number of imidazole rings is 1. The molecule has 3 aromatic heterocycles. The van der Waals surface area contributed by atoms with Crippen molar-refractivity contribution in [2.24, 2.45) is 0 Å². The van der Waals surface area contributed by atoms with Gasteiger partial charge in [0.25, 0.3) is 5.92 Å². The van der Waals surface area contributed by atoms with Gasteiger partial charge in [-0.15, -0.1) is 0 Å². The summed E-state index contributed by atoms with van der Waals surface area (Å²) in [4.78, 5) is 15.6. The van der Waals surface area contributed by atoms with Crippen LogP contribution in [0.3, 0.4) is 0 Å². The van der Waals surface area contributed by atoms with E-state index in [0.29, 0.717) is 33.4 Å². The van der Waals surface area contributed by atoms with E-state index in [9.17, 15) is 0 Å². The van der Waals surface area contributed by atoms with E-state index in [-0.39, 0.29) is 19.6 Å². The minimum Gasteiger partial charge on any atom is -0.315 e. The Bertz CT molecular complexity index is 1320. The second-order valence-corrected chi connectivity index (χ2v) is 7.69. The van der Waals surface area contributed by atoms with Gasteiger partial charge < -0.3 is 4.57 Å². The van der Waals surface area contributed by atoms with Crippen molar-refractivity contribution in [1.82, 2.24) is 34.4 Å². The van der Waals surface area contributed by atoms with Gasteiger partial charge in [0.2, 0.25) is 0 Å². The van der Waals surface area contributed by atoms with Crippen LogP contribution >= 0.6 is 0 Å². The SMILES string of the molecule is [C-]#[N+]c1ccc2ncc3nc(Cn4ncc(C)n4)n(C4CN(C)CC4(F)F)c3c2c1. The fraction of sp³-hybridized carbons (Fsp3) is 0.350. The number of likely N-dealkylation sites (tertiary alicyclic amines) is 1. The molecule has 1 saturated heterocycles. The average Bonchev–Trinajstić information content (AvgIpc) is 3.35. The molecule has 1 aliphatic heterocycles. The normalized spacial score (nSPS) is 19.0. The molecule has 4 heterocycles. The lowest BCUT2D eigenvalue weighted by atomic mass is 10.1. The molecule has 0 spiro atoms. The number of hydrogen-bond donors (Lipinski definition) is 0. The van der Waals surface area contributed by atoms with Crippen LogP contribution < -0.4 is 0 Å². The Labute approximate surface area is 170 Å². The number of benzene rings is 1. The molecule has 152 valence electrons. The third-order valence-electron chi connectivity index (χ3n) is 5.40. The van der Waals surface area contributed by atoms with Crippen LogP contribution in [0.25, 0.3) is 26.8 Å². The monoisotopic (exact) mass is 408 g/mol. The molecule has 0 N–H and O–H groups in total. The molecule has 1 unspecified atom stereocenters. The third-order valence-corrected chi connectivity index (χ3v) is 5.40. The summed E-state index contributed by atoms with van der Waals surface area (Å²) in [6.07, 6.45) is 3.21. The number of likely N-dealkylation sites (N-methyl/N-ethyl adjacent to an activating group) is 1. The summed E-state index contributed by atoms with van der Waals surface area (Å²) in [6, 6.07) is 3.99. The number of hydrogen-bond acceptors (Lipinski definition) is 5. The van der Waals surface area contributed by atoms with Gasteiger partial charge in [0.15, 0.2) is 5.69 Å². The molecule has 1 aliphatic rings. The molecule has 0 radical (unpaired) electrons. The summed E-state index contributed by atoms with van der Waals surface area (Å²) < 4.78 is 31.7. The maximum absolute atomic E-state index is 15.0. The van der Waals surface area contributed by atoms with Gasteiger partial charge in [-0.25, -0.2) is 18.6 Å². The Balaban J connectivity index is 1.80. The van der Waals surface area contributed by atoms with Gasteiger partial charge in [0.05, 0.1) is 42.2 Å². The highest BCUT2D eigenvalue weighted by Gasteiger charge is 2.49. The topological polar surface area (TPSA) is 69.0 Å². The summed E-state index contributed by atoms with van der Waals surface area (Å²) >= 11 is 0. The summed E-state index contributed by atoms with van der Waals surface area (Å²) in [6.45, 7) is 9.16. The Kier molecular flexibility index (Phi) is 4.04. The Hall–Kier alpha value is -3.45. The van der Waals surface area contributed by atoms with Gasteiger partial charge in [0, 0.05) is 11.9 Å². The average molecular weight is 408 g/mol. The molecular formula is C20H18F2N8. The number of fused-ring (bicyclic) bond motifs is 3. The van der Waals surface area contributed by atoms with Crippen molar-refractivity contribution in [1.29, 1.82) is 0 Å². The second-order valence-electron chi connectivity index (χ2n) is 7.69. The van der Waals surface area contributed by atoms with Crippen LogP contribution in [0.2, 0.25) is 0 Å². The fourth-order valence-corrected chi connectivity index (χ4v) is 4.15. The smallest absolute Gasteiger partial charge is 0.282 e. The van der Waals surface area contributed by atoms with E-state index in [1.165, 1.54) is 4.80 Å². The predicted octanol–water partition coefficient (Wildman–Crippen LogP) is 3.21. The number of pyridine rings is 1.